The minimum atomic E-state index is -0.419. The standard InChI is InChI=1S/C29H22N2O4/c1-20-9-5-6-12-24(20)27(32)30(19-31-28(33)25-13-7-8-14-26(25)29(31)34)21-15-17-23(18-16-21)35-22-10-3-2-4-11-22/h2-18H,19H2,1H3. The van der Waals surface area contributed by atoms with Crippen molar-refractivity contribution in [3.8, 4) is 11.5 Å². The number of imide groups is 1. The fraction of sp³-hybridized carbons (Fsp3) is 0.0690. The quantitative estimate of drug-likeness (QED) is 0.346. The molecule has 1 heterocycles. The molecule has 0 aromatic heterocycles. The fourth-order valence-electron chi connectivity index (χ4n) is 4.05. The third kappa shape index (κ3) is 4.29. The SMILES string of the molecule is Cc1ccccc1C(=O)N(CN1C(=O)c2ccccc2C1=O)c1ccc(Oc2ccccc2)cc1. The van der Waals surface area contributed by atoms with E-state index in [0.717, 1.165) is 10.5 Å². The minimum absolute atomic E-state index is 0.210. The number of carbonyl (C=O) groups is 3. The van der Waals surface area contributed by atoms with Gasteiger partial charge >= 0.3 is 0 Å². The van der Waals surface area contributed by atoms with Crippen LogP contribution in [0.4, 0.5) is 5.69 Å². The molecule has 6 nitrogen and oxygen atoms in total. The number of rotatable bonds is 6. The fourth-order valence-corrected chi connectivity index (χ4v) is 4.05. The normalized spacial score (nSPS) is 12.4. The van der Waals surface area contributed by atoms with Gasteiger partial charge in [0.1, 0.15) is 18.2 Å². The third-order valence-electron chi connectivity index (χ3n) is 5.91. The van der Waals surface area contributed by atoms with Crippen LogP contribution < -0.4 is 9.64 Å². The maximum atomic E-state index is 13.7. The first-order valence-electron chi connectivity index (χ1n) is 11.2. The Morgan fingerprint density at radius 1 is 0.714 bits per heavy atom. The Morgan fingerprint density at radius 3 is 1.89 bits per heavy atom. The number of fused-ring (bicyclic) bond motifs is 1. The van der Waals surface area contributed by atoms with Gasteiger partial charge in [-0.3, -0.25) is 24.2 Å². The van der Waals surface area contributed by atoms with Crippen molar-refractivity contribution in [2.45, 2.75) is 6.92 Å². The van der Waals surface area contributed by atoms with Crippen LogP contribution >= 0.6 is 0 Å². The van der Waals surface area contributed by atoms with Gasteiger partial charge in [-0.2, -0.15) is 0 Å². The van der Waals surface area contributed by atoms with E-state index in [-0.39, 0.29) is 12.6 Å². The maximum absolute atomic E-state index is 13.7. The van der Waals surface area contributed by atoms with Gasteiger partial charge in [0, 0.05) is 11.3 Å². The zero-order valence-corrected chi connectivity index (χ0v) is 19.0. The van der Waals surface area contributed by atoms with E-state index < -0.39 is 11.8 Å². The molecule has 0 aliphatic carbocycles. The van der Waals surface area contributed by atoms with Crippen LogP contribution in [0.2, 0.25) is 0 Å². The summed E-state index contributed by atoms with van der Waals surface area (Å²) in [6.07, 6.45) is 0. The van der Waals surface area contributed by atoms with Gasteiger partial charge in [-0.15, -0.1) is 0 Å². The number of nitrogens with zero attached hydrogens (tertiary/aromatic N) is 2. The molecule has 3 amide bonds. The van der Waals surface area contributed by atoms with Crippen LogP contribution in [0.5, 0.6) is 11.5 Å². The summed E-state index contributed by atoms with van der Waals surface area (Å²) in [5, 5.41) is 0. The molecule has 0 saturated heterocycles. The molecule has 0 unspecified atom stereocenters. The molecule has 1 aliphatic rings. The van der Waals surface area contributed by atoms with Crippen LogP contribution in [0, 0.1) is 6.92 Å². The summed E-state index contributed by atoms with van der Waals surface area (Å²) in [6.45, 7) is 1.64. The number of hydrogen-bond donors (Lipinski definition) is 0. The van der Waals surface area contributed by atoms with Crippen LogP contribution in [0.25, 0.3) is 0 Å². The molecule has 6 heteroatoms. The van der Waals surface area contributed by atoms with Gasteiger partial charge in [0.05, 0.1) is 11.1 Å². The monoisotopic (exact) mass is 462 g/mol. The van der Waals surface area contributed by atoms with E-state index in [4.69, 9.17) is 4.74 Å². The van der Waals surface area contributed by atoms with Gasteiger partial charge in [-0.05, 0) is 67.1 Å². The lowest BCUT2D eigenvalue weighted by atomic mass is 10.1. The van der Waals surface area contributed by atoms with Gasteiger partial charge < -0.3 is 4.74 Å². The number of hydrogen-bond acceptors (Lipinski definition) is 4. The molecule has 5 rings (SSSR count). The van der Waals surface area contributed by atoms with Crippen LogP contribution in [0.1, 0.15) is 36.6 Å². The Hall–Kier alpha value is -4.71. The molecule has 1 aliphatic heterocycles. The third-order valence-corrected chi connectivity index (χ3v) is 5.91. The second-order valence-corrected chi connectivity index (χ2v) is 8.18. The highest BCUT2D eigenvalue weighted by Crippen LogP contribution is 2.28. The van der Waals surface area contributed by atoms with Gasteiger partial charge in [-0.1, -0.05) is 48.5 Å². The molecule has 4 aromatic carbocycles. The average Bonchev–Trinajstić information content (AvgIpc) is 3.13. The first-order valence-corrected chi connectivity index (χ1v) is 11.2. The molecule has 0 N–H and O–H groups in total. The van der Waals surface area contributed by atoms with E-state index in [0.29, 0.717) is 33.9 Å². The number of ether oxygens (including phenoxy) is 1. The Labute approximate surface area is 203 Å². The lowest BCUT2D eigenvalue weighted by Gasteiger charge is -2.28. The van der Waals surface area contributed by atoms with E-state index in [1.807, 2.05) is 49.4 Å². The van der Waals surface area contributed by atoms with Crippen molar-refractivity contribution < 1.29 is 19.1 Å². The molecule has 0 bridgehead atoms. The van der Waals surface area contributed by atoms with Crippen LogP contribution in [-0.2, 0) is 0 Å². The van der Waals surface area contributed by atoms with Crippen molar-refractivity contribution in [3.63, 3.8) is 0 Å². The van der Waals surface area contributed by atoms with Crippen LogP contribution in [0.3, 0.4) is 0 Å². The zero-order valence-electron chi connectivity index (χ0n) is 19.0. The molecule has 0 spiro atoms. The molecule has 0 fully saturated rings. The first kappa shape index (κ1) is 22.1. The molecule has 0 radical (unpaired) electrons. The smallest absolute Gasteiger partial charge is 0.263 e. The molecular weight excluding hydrogens is 440 g/mol. The topological polar surface area (TPSA) is 66.9 Å². The van der Waals surface area contributed by atoms with E-state index >= 15 is 0 Å². The summed E-state index contributed by atoms with van der Waals surface area (Å²) >= 11 is 0. The highest BCUT2D eigenvalue weighted by Gasteiger charge is 2.37. The second-order valence-electron chi connectivity index (χ2n) is 8.18. The van der Waals surface area contributed by atoms with E-state index in [1.54, 1.807) is 60.7 Å². The van der Waals surface area contributed by atoms with E-state index in [1.165, 1.54) is 4.90 Å². The van der Waals surface area contributed by atoms with Crippen molar-refractivity contribution in [2.75, 3.05) is 11.6 Å². The van der Waals surface area contributed by atoms with Crippen molar-refractivity contribution in [1.82, 2.24) is 4.90 Å². The summed E-state index contributed by atoms with van der Waals surface area (Å²) in [5.74, 6) is 0.147. The average molecular weight is 463 g/mol. The highest BCUT2D eigenvalue weighted by atomic mass is 16.5. The Morgan fingerprint density at radius 2 is 1.26 bits per heavy atom. The second kappa shape index (κ2) is 9.27. The Kier molecular flexibility index (Phi) is 5.85. The van der Waals surface area contributed by atoms with Crippen molar-refractivity contribution in [2.24, 2.45) is 0 Å². The van der Waals surface area contributed by atoms with Crippen molar-refractivity contribution in [1.29, 1.82) is 0 Å². The predicted molar refractivity (Wildman–Crippen MR) is 133 cm³/mol. The summed E-state index contributed by atoms with van der Waals surface area (Å²) in [7, 11) is 0. The number of aryl methyl sites for hydroxylation is 1. The minimum Gasteiger partial charge on any atom is -0.457 e. The van der Waals surface area contributed by atoms with Gasteiger partial charge in [0.25, 0.3) is 17.7 Å². The number of amides is 3. The van der Waals surface area contributed by atoms with E-state index in [2.05, 4.69) is 0 Å². The number of para-hydroxylation sites is 1. The molecule has 0 saturated carbocycles. The molecule has 35 heavy (non-hydrogen) atoms. The van der Waals surface area contributed by atoms with Crippen molar-refractivity contribution in [3.05, 3.63) is 125 Å². The lowest BCUT2D eigenvalue weighted by Crippen LogP contribution is -2.44. The Bertz CT molecular complexity index is 1380. The molecule has 172 valence electrons. The van der Waals surface area contributed by atoms with Gasteiger partial charge in [0.2, 0.25) is 0 Å². The lowest BCUT2D eigenvalue weighted by molar-refractivity contribution is 0.0650. The molecular formula is C29H22N2O4. The summed E-state index contributed by atoms with van der Waals surface area (Å²) in [6, 6.07) is 30.3. The first-order chi connectivity index (χ1) is 17.0. The number of benzene rings is 4. The largest absolute Gasteiger partial charge is 0.457 e. The summed E-state index contributed by atoms with van der Waals surface area (Å²) < 4.78 is 5.87. The summed E-state index contributed by atoms with van der Waals surface area (Å²) in [4.78, 5) is 42.2. The van der Waals surface area contributed by atoms with Crippen LogP contribution in [-0.4, -0.2) is 29.3 Å². The Balaban J connectivity index is 1.47. The molecule has 4 aromatic rings. The van der Waals surface area contributed by atoms with Gasteiger partial charge in [-0.25, -0.2) is 0 Å². The number of carbonyl (C=O) groups excluding carboxylic acids is 3. The zero-order chi connectivity index (χ0) is 24.4. The maximum Gasteiger partial charge on any atom is 0.263 e. The van der Waals surface area contributed by atoms with E-state index in [9.17, 15) is 14.4 Å². The predicted octanol–water partition coefficient (Wildman–Crippen LogP) is 5.69. The molecule has 0 atom stereocenters. The van der Waals surface area contributed by atoms with Crippen LogP contribution in [0.15, 0.2) is 103 Å². The van der Waals surface area contributed by atoms with Gasteiger partial charge in [0.15, 0.2) is 0 Å². The van der Waals surface area contributed by atoms with Crippen molar-refractivity contribution >= 4 is 23.4 Å². The highest BCUT2D eigenvalue weighted by molar-refractivity contribution is 6.22. The summed E-state index contributed by atoms with van der Waals surface area (Å²) in [5.41, 5.74) is 2.51. The number of anilines is 1.